The number of methoxy groups -OCH3 is 1. The van der Waals surface area contributed by atoms with Gasteiger partial charge in [-0.25, -0.2) is 4.79 Å². The predicted octanol–water partition coefficient (Wildman–Crippen LogP) is 2.94. The summed E-state index contributed by atoms with van der Waals surface area (Å²) in [5, 5.41) is 3.65. The first-order chi connectivity index (χ1) is 9.04. The lowest BCUT2D eigenvalue weighted by Gasteiger charge is -2.18. The van der Waals surface area contributed by atoms with E-state index in [9.17, 15) is 4.79 Å². The van der Waals surface area contributed by atoms with Crippen molar-refractivity contribution in [2.75, 3.05) is 20.2 Å². The smallest absolute Gasteiger partial charge is 0.341 e. The molecule has 19 heavy (non-hydrogen) atoms. The van der Waals surface area contributed by atoms with Crippen LogP contribution in [0.1, 0.15) is 22.3 Å². The molecule has 1 atom stereocenters. The number of esters is 1. The van der Waals surface area contributed by atoms with E-state index in [-0.39, 0.29) is 6.10 Å². The Morgan fingerprint density at radius 3 is 2.89 bits per heavy atom. The summed E-state index contributed by atoms with van der Waals surface area (Å²) in [6, 6.07) is 1.69. The molecule has 1 aliphatic heterocycles. The highest BCUT2D eigenvalue weighted by atomic mass is 79.9. The third-order valence-electron chi connectivity index (χ3n) is 3.11. The van der Waals surface area contributed by atoms with Crippen LogP contribution in [0.5, 0.6) is 5.75 Å². The van der Waals surface area contributed by atoms with Crippen molar-refractivity contribution in [3.8, 4) is 5.75 Å². The summed E-state index contributed by atoms with van der Waals surface area (Å²) in [5.41, 5.74) is 1.19. The Hall–Kier alpha value is -0.780. The zero-order chi connectivity index (χ0) is 14.0. The maximum absolute atomic E-state index is 11.8. The summed E-state index contributed by atoms with van der Waals surface area (Å²) in [6.45, 7) is 3.53. The summed E-state index contributed by atoms with van der Waals surface area (Å²) >= 11 is 9.68. The molecule has 4 nitrogen and oxygen atoms in total. The molecule has 0 spiro atoms. The molecule has 1 N–H and O–H groups in total. The van der Waals surface area contributed by atoms with Crippen LogP contribution in [0.4, 0.5) is 0 Å². The van der Waals surface area contributed by atoms with E-state index in [4.69, 9.17) is 21.1 Å². The number of rotatable bonds is 3. The van der Waals surface area contributed by atoms with Gasteiger partial charge in [0.15, 0.2) is 5.75 Å². The minimum Gasteiger partial charge on any atom is -0.487 e. The van der Waals surface area contributed by atoms with Gasteiger partial charge in [-0.2, -0.15) is 0 Å². The average molecular weight is 349 g/mol. The highest BCUT2D eigenvalue weighted by Gasteiger charge is 2.24. The van der Waals surface area contributed by atoms with E-state index in [0.29, 0.717) is 16.3 Å². The van der Waals surface area contributed by atoms with Gasteiger partial charge in [-0.05, 0) is 31.5 Å². The minimum absolute atomic E-state index is 0.0291. The van der Waals surface area contributed by atoms with Crippen LogP contribution in [0.25, 0.3) is 0 Å². The molecule has 0 unspecified atom stereocenters. The number of hydrogen-bond donors (Lipinski definition) is 1. The van der Waals surface area contributed by atoms with Crippen LogP contribution in [0.15, 0.2) is 10.5 Å². The second-order valence-electron chi connectivity index (χ2n) is 4.40. The van der Waals surface area contributed by atoms with Gasteiger partial charge in [0, 0.05) is 11.0 Å². The molecule has 1 fully saturated rings. The third kappa shape index (κ3) is 3.04. The van der Waals surface area contributed by atoms with E-state index in [1.165, 1.54) is 7.11 Å². The lowest BCUT2D eigenvalue weighted by atomic mass is 10.1. The van der Waals surface area contributed by atoms with E-state index in [2.05, 4.69) is 21.2 Å². The van der Waals surface area contributed by atoms with Crippen LogP contribution in [0.2, 0.25) is 5.02 Å². The minimum atomic E-state index is -0.455. The first-order valence-electron chi connectivity index (χ1n) is 5.99. The molecule has 0 aromatic heterocycles. The quantitative estimate of drug-likeness (QED) is 0.853. The SMILES string of the molecule is COC(=O)c1cc(Br)c(C)c(Cl)c1O[C@H]1CCNC1. The topological polar surface area (TPSA) is 47.6 Å². The molecule has 1 aromatic rings. The van der Waals surface area contributed by atoms with Crippen molar-refractivity contribution >= 4 is 33.5 Å². The Morgan fingerprint density at radius 1 is 1.58 bits per heavy atom. The van der Waals surface area contributed by atoms with Crippen molar-refractivity contribution in [1.29, 1.82) is 0 Å². The number of hydrogen-bond acceptors (Lipinski definition) is 4. The lowest BCUT2D eigenvalue weighted by Crippen LogP contribution is -2.21. The molecular weight excluding hydrogens is 334 g/mol. The predicted molar refractivity (Wildman–Crippen MR) is 77.1 cm³/mol. The fourth-order valence-electron chi connectivity index (χ4n) is 1.97. The van der Waals surface area contributed by atoms with Gasteiger partial charge in [-0.15, -0.1) is 0 Å². The first kappa shape index (κ1) is 14.6. The zero-order valence-corrected chi connectivity index (χ0v) is 13.1. The number of carbonyl (C=O) groups is 1. The summed E-state index contributed by atoms with van der Waals surface area (Å²) < 4.78 is 11.4. The number of halogens is 2. The number of carbonyl (C=O) groups excluding carboxylic acids is 1. The molecule has 0 bridgehead atoms. The standard InChI is InChI=1S/C13H15BrClNO3/c1-7-10(14)5-9(13(17)18-2)12(11(7)15)19-8-3-4-16-6-8/h5,8,16H,3-4,6H2,1-2H3/t8-/m0/s1. The van der Waals surface area contributed by atoms with Crippen LogP contribution >= 0.6 is 27.5 Å². The average Bonchev–Trinajstić information content (AvgIpc) is 2.91. The maximum Gasteiger partial charge on any atom is 0.341 e. The van der Waals surface area contributed by atoms with Gasteiger partial charge in [0.2, 0.25) is 0 Å². The molecule has 1 saturated heterocycles. The molecule has 6 heteroatoms. The zero-order valence-electron chi connectivity index (χ0n) is 10.8. The van der Waals surface area contributed by atoms with E-state index in [0.717, 1.165) is 29.5 Å². The van der Waals surface area contributed by atoms with Crippen LogP contribution in [0, 0.1) is 6.92 Å². The largest absolute Gasteiger partial charge is 0.487 e. The number of nitrogens with one attached hydrogen (secondary N) is 1. The molecule has 1 aliphatic rings. The summed E-state index contributed by atoms with van der Waals surface area (Å²) in [5.74, 6) is -0.0496. The molecular formula is C13H15BrClNO3. The van der Waals surface area contributed by atoms with E-state index >= 15 is 0 Å². The summed E-state index contributed by atoms with van der Waals surface area (Å²) in [7, 11) is 1.34. The fourth-order valence-corrected chi connectivity index (χ4v) is 2.76. The molecule has 1 heterocycles. The highest BCUT2D eigenvalue weighted by Crippen LogP contribution is 2.38. The van der Waals surface area contributed by atoms with Crippen LogP contribution < -0.4 is 10.1 Å². The monoisotopic (exact) mass is 347 g/mol. The summed E-state index contributed by atoms with van der Waals surface area (Å²) in [6.07, 6.45) is 0.924. The van der Waals surface area contributed by atoms with Gasteiger partial charge in [-0.1, -0.05) is 27.5 Å². The Morgan fingerprint density at radius 2 is 2.32 bits per heavy atom. The van der Waals surface area contributed by atoms with Gasteiger partial charge in [-0.3, -0.25) is 0 Å². The van der Waals surface area contributed by atoms with Crippen LogP contribution in [-0.2, 0) is 4.74 Å². The second kappa shape index (κ2) is 6.11. The normalized spacial score (nSPS) is 18.4. The Bertz CT molecular complexity index is 501. The molecule has 0 saturated carbocycles. The van der Waals surface area contributed by atoms with Gasteiger partial charge in [0.25, 0.3) is 0 Å². The Balaban J connectivity index is 2.42. The molecule has 2 rings (SSSR count). The van der Waals surface area contributed by atoms with Gasteiger partial charge in [0.1, 0.15) is 11.7 Å². The Kier molecular flexibility index (Phi) is 4.71. The lowest BCUT2D eigenvalue weighted by molar-refractivity contribution is 0.0593. The van der Waals surface area contributed by atoms with Crippen molar-refractivity contribution in [1.82, 2.24) is 5.32 Å². The number of benzene rings is 1. The first-order valence-corrected chi connectivity index (χ1v) is 7.16. The van der Waals surface area contributed by atoms with Gasteiger partial charge >= 0.3 is 5.97 Å². The summed E-state index contributed by atoms with van der Waals surface area (Å²) in [4.78, 5) is 11.8. The molecule has 1 aromatic carbocycles. The van der Waals surface area contributed by atoms with Crippen LogP contribution in [-0.4, -0.2) is 32.3 Å². The molecule has 0 aliphatic carbocycles. The van der Waals surface area contributed by atoms with Crippen LogP contribution in [0.3, 0.4) is 0 Å². The van der Waals surface area contributed by atoms with E-state index < -0.39 is 5.97 Å². The highest BCUT2D eigenvalue weighted by molar-refractivity contribution is 9.10. The van der Waals surface area contributed by atoms with Crippen molar-refractivity contribution < 1.29 is 14.3 Å². The van der Waals surface area contributed by atoms with Gasteiger partial charge in [0.05, 0.1) is 12.1 Å². The van der Waals surface area contributed by atoms with E-state index in [1.54, 1.807) is 6.07 Å². The molecule has 104 valence electrons. The van der Waals surface area contributed by atoms with E-state index in [1.807, 2.05) is 6.92 Å². The Labute approximate surface area is 125 Å². The van der Waals surface area contributed by atoms with Crippen molar-refractivity contribution in [3.63, 3.8) is 0 Å². The second-order valence-corrected chi connectivity index (χ2v) is 5.63. The molecule has 0 radical (unpaired) electrons. The maximum atomic E-state index is 11.8. The molecule has 0 amide bonds. The van der Waals surface area contributed by atoms with Crippen molar-refractivity contribution in [2.45, 2.75) is 19.4 Å². The fraction of sp³-hybridized carbons (Fsp3) is 0.462. The number of ether oxygens (including phenoxy) is 2. The van der Waals surface area contributed by atoms with Gasteiger partial charge < -0.3 is 14.8 Å². The third-order valence-corrected chi connectivity index (χ3v) is 4.39. The van der Waals surface area contributed by atoms with Crippen molar-refractivity contribution in [2.24, 2.45) is 0 Å². The van der Waals surface area contributed by atoms with Crippen molar-refractivity contribution in [3.05, 3.63) is 26.7 Å².